The molecular weight excluding hydrogens is 448 g/mol. The van der Waals surface area contributed by atoms with Gasteiger partial charge in [-0.2, -0.15) is 8.78 Å². The molecule has 0 aliphatic carbocycles. The van der Waals surface area contributed by atoms with Gasteiger partial charge in [-0.3, -0.25) is 4.79 Å². The summed E-state index contributed by atoms with van der Waals surface area (Å²) >= 11 is 0. The monoisotopic (exact) mass is 469 g/mol. The second-order valence-electron chi connectivity index (χ2n) is 7.19. The lowest BCUT2D eigenvalue weighted by atomic mass is 10.2. The molecule has 10 heteroatoms. The van der Waals surface area contributed by atoms with Crippen LogP contribution in [0.25, 0.3) is 22.9 Å². The predicted octanol–water partition coefficient (Wildman–Crippen LogP) is 4.24. The molecule has 0 bridgehead atoms. The van der Waals surface area contributed by atoms with Crippen LogP contribution in [0, 0.1) is 0 Å². The first-order valence-corrected chi connectivity index (χ1v) is 10.3. The fourth-order valence-corrected chi connectivity index (χ4v) is 3.19. The minimum absolute atomic E-state index is 0.0266. The van der Waals surface area contributed by atoms with Crippen molar-refractivity contribution in [2.45, 2.75) is 13.2 Å². The second kappa shape index (κ2) is 10.7. The Hall–Kier alpha value is -4.05. The number of alkyl halides is 2. The van der Waals surface area contributed by atoms with Gasteiger partial charge in [-0.15, -0.1) is 10.2 Å². The summed E-state index contributed by atoms with van der Waals surface area (Å²) in [5.41, 5.74) is 1.79. The van der Waals surface area contributed by atoms with Gasteiger partial charge in [0.05, 0.1) is 18.7 Å². The number of pyridine rings is 1. The first-order valence-electron chi connectivity index (χ1n) is 10.3. The number of hydrogen-bond acceptors (Lipinski definition) is 7. The Bertz CT molecular complexity index is 1290. The Morgan fingerprint density at radius 2 is 1.68 bits per heavy atom. The maximum absolute atomic E-state index is 12.4. The van der Waals surface area contributed by atoms with E-state index in [0.717, 1.165) is 5.56 Å². The van der Waals surface area contributed by atoms with Crippen molar-refractivity contribution < 1.29 is 27.4 Å². The molecule has 2 aromatic carbocycles. The van der Waals surface area contributed by atoms with Crippen LogP contribution in [0.4, 0.5) is 8.78 Å². The lowest BCUT2D eigenvalue weighted by Crippen LogP contribution is -2.19. The Morgan fingerprint density at radius 3 is 2.41 bits per heavy atom. The van der Waals surface area contributed by atoms with Crippen LogP contribution in [0.3, 0.4) is 0 Å². The van der Waals surface area contributed by atoms with Crippen molar-refractivity contribution in [3.05, 3.63) is 82.8 Å². The summed E-state index contributed by atoms with van der Waals surface area (Å²) in [5, 5.41) is 8.07. The van der Waals surface area contributed by atoms with Gasteiger partial charge in [0.2, 0.25) is 11.8 Å². The molecule has 0 fully saturated rings. The van der Waals surface area contributed by atoms with Crippen LogP contribution >= 0.6 is 0 Å². The number of halogens is 2. The number of methoxy groups -OCH3 is 1. The van der Waals surface area contributed by atoms with Crippen molar-refractivity contribution in [2.75, 3.05) is 20.3 Å². The van der Waals surface area contributed by atoms with Gasteiger partial charge in [0.1, 0.15) is 18.1 Å². The van der Waals surface area contributed by atoms with Crippen LogP contribution in [-0.4, -0.2) is 41.7 Å². The highest BCUT2D eigenvalue weighted by Gasteiger charge is 2.13. The molecule has 0 N–H and O–H groups in total. The highest BCUT2D eigenvalue weighted by atomic mass is 19.3. The Kier molecular flexibility index (Phi) is 7.28. The minimum Gasteiger partial charge on any atom is -0.491 e. The smallest absolute Gasteiger partial charge is 0.387 e. The molecule has 0 atom stereocenters. The Morgan fingerprint density at radius 1 is 0.941 bits per heavy atom. The van der Waals surface area contributed by atoms with Crippen LogP contribution in [0.1, 0.15) is 5.56 Å². The van der Waals surface area contributed by atoms with E-state index in [4.69, 9.17) is 13.9 Å². The number of aromatic nitrogens is 3. The third-order valence-corrected chi connectivity index (χ3v) is 4.79. The van der Waals surface area contributed by atoms with Gasteiger partial charge in [0, 0.05) is 24.9 Å². The molecule has 0 saturated carbocycles. The van der Waals surface area contributed by atoms with Crippen molar-refractivity contribution in [3.63, 3.8) is 0 Å². The van der Waals surface area contributed by atoms with E-state index in [-0.39, 0.29) is 23.1 Å². The lowest BCUT2D eigenvalue weighted by molar-refractivity contribution is -0.0498. The molecule has 0 saturated heterocycles. The van der Waals surface area contributed by atoms with E-state index in [2.05, 4.69) is 14.9 Å². The topological polar surface area (TPSA) is 88.6 Å². The summed E-state index contributed by atoms with van der Waals surface area (Å²) in [5.74, 6) is 1.13. The maximum Gasteiger partial charge on any atom is 0.387 e. The number of benzene rings is 2. The summed E-state index contributed by atoms with van der Waals surface area (Å²) in [6.45, 7) is -1.68. The van der Waals surface area contributed by atoms with Gasteiger partial charge < -0.3 is 23.2 Å². The van der Waals surface area contributed by atoms with E-state index in [1.54, 1.807) is 19.4 Å². The SMILES string of the molecule is COCCOc1cccc(Cn2cc(-c3nnc(-c4ccc(OC(F)F)cc4)o3)ccc2=O)c1. The molecule has 4 aromatic rings. The van der Waals surface area contributed by atoms with Gasteiger partial charge >= 0.3 is 6.61 Å². The van der Waals surface area contributed by atoms with E-state index in [1.165, 1.54) is 34.9 Å². The molecular formula is C24H21F2N3O5. The summed E-state index contributed by atoms with van der Waals surface area (Å²) in [7, 11) is 1.60. The van der Waals surface area contributed by atoms with Gasteiger partial charge in [-0.1, -0.05) is 12.1 Å². The average Bonchev–Trinajstić information content (AvgIpc) is 3.31. The van der Waals surface area contributed by atoms with Crippen LogP contribution in [0.15, 0.2) is 76.1 Å². The van der Waals surface area contributed by atoms with E-state index >= 15 is 0 Å². The van der Waals surface area contributed by atoms with Crippen LogP contribution in [-0.2, 0) is 11.3 Å². The van der Waals surface area contributed by atoms with Crippen molar-refractivity contribution in [1.29, 1.82) is 0 Å². The fraction of sp³-hybridized carbons (Fsp3) is 0.208. The van der Waals surface area contributed by atoms with E-state index < -0.39 is 6.61 Å². The molecule has 0 amide bonds. The molecule has 0 spiro atoms. The quantitative estimate of drug-likeness (QED) is 0.321. The molecule has 0 radical (unpaired) electrons. The van der Waals surface area contributed by atoms with E-state index in [1.807, 2.05) is 24.3 Å². The predicted molar refractivity (Wildman–Crippen MR) is 119 cm³/mol. The van der Waals surface area contributed by atoms with E-state index in [0.29, 0.717) is 36.6 Å². The number of hydrogen-bond donors (Lipinski definition) is 0. The van der Waals surface area contributed by atoms with Gasteiger partial charge in [0.15, 0.2) is 0 Å². The molecule has 2 heterocycles. The first-order chi connectivity index (χ1) is 16.5. The summed E-state index contributed by atoms with van der Waals surface area (Å²) < 4.78 is 46.9. The Labute approximate surface area is 193 Å². The fourth-order valence-electron chi connectivity index (χ4n) is 3.19. The van der Waals surface area contributed by atoms with Crippen LogP contribution in [0.5, 0.6) is 11.5 Å². The van der Waals surface area contributed by atoms with Crippen molar-refractivity contribution in [3.8, 4) is 34.4 Å². The number of ether oxygens (including phenoxy) is 3. The third-order valence-electron chi connectivity index (χ3n) is 4.79. The highest BCUT2D eigenvalue weighted by molar-refractivity contribution is 5.58. The first kappa shape index (κ1) is 23.1. The summed E-state index contributed by atoms with van der Waals surface area (Å²) in [6, 6.07) is 16.3. The third kappa shape index (κ3) is 5.84. The zero-order valence-corrected chi connectivity index (χ0v) is 18.2. The van der Waals surface area contributed by atoms with Crippen LogP contribution in [0.2, 0.25) is 0 Å². The molecule has 2 aromatic heterocycles. The Balaban J connectivity index is 1.51. The molecule has 34 heavy (non-hydrogen) atoms. The highest BCUT2D eigenvalue weighted by Crippen LogP contribution is 2.25. The second-order valence-corrected chi connectivity index (χ2v) is 7.19. The van der Waals surface area contributed by atoms with Crippen molar-refractivity contribution in [2.24, 2.45) is 0 Å². The van der Waals surface area contributed by atoms with Gasteiger partial charge in [-0.25, -0.2) is 0 Å². The van der Waals surface area contributed by atoms with Gasteiger partial charge in [-0.05, 0) is 48.0 Å². The normalized spacial score (nSPS) is 11.1. The minimum atomic E-state index is -2.90. The molecule has 0 unspecified atom stereocenters. The van der Waals surface area contributed by atoms with E-state index in [9.17, 15) is 13.6 Å². The maximum atomic E-state index is 12.4. The largest absolute Gasteiger partial charge is 0.491 e. The lowest BCUT2D eigenvalue weighted by Gasteiger charge is -2.10. The number of rotatable bonds is 10. The molecule has 4 rings (SSSR count). The molecule has 176 valence electrons. The molecule has 8 nitrogen and oxygen atoms in total. The summed E-state index contributed by atoms with van der Waals surface area (Å²) in [6.07, 6.45) is 1.64. The summed E-state index contributed by atoms with van der Waals surface area (Å²) in [4.78, 5) is 12.4. The zero-order valence-electron chi connectivity index (χ0n) is 18.2. The van der Waals surface area contributed by atoms with Crippen molar-refractivity contribution in [1.82, 2.24) is 14.8 Å². The van der Waals surface area contributed by atoms with Gasteiger partial charge in [0.25, 0.3) is 5.56 Å². The zero-order chi connectivity index (χ0) is 23.9. The average molecular weight is 469 g/mol. The molecule has 0 aliphatic heterocycles. The van der Waals surface area contributed by atoms with Crippen molar-refractivity contribution >= 4 is 0 Å². The molecule has 0 aliphatic rings. The number of nitrogens with zero attached hydrogens (tertiary/aromatic N) is 3. The van der Waals surface area contributed by atoms with Crippen LogP contribution < -0.4 is 15.0 Å². The standard InChI is InChI=1S/C24H21F2N3O5/c1-31-11-12-32-20-4-2-3-16(13-20)14-29-15-18(7-10-21(29)30)23-28-27-22(34-23)17-5-8-19(9-6-17)33-24(25)26/h2-10,13,15,24H,11-12,14H2,1H3.